The van der Waals surface area contributed by atoms with Crippen LogP contribution in [0.25, 0.3) is 0 Å². The van der Waals surface area contributed by atoms with Gasteiger partial charge in [-0.15, -0.1) is 0 Å². The first-order valence-corrected chi connectivity index (χ1v) is 5.06. The summed E-state index contributed by atoms with van der Waals surface area (Å²) in [5, 5.41) is 0. The molecule has 0 bridgehead atoms. The van der Waals surface area contributed by atoms with Crippen molar-refractivity contribution in [1.29, 1.82) is 0 Å². The van der Waals surface area contributed by atoms with Crippen LogP contribution >= 0.6 is 0 Å². The van der Waals surface area contributed by atoms with Gasteiger partial charge >= 0.3 is 5.97 Å². The highest BCUT2D eigenvalue weighted by Crippen LogP contribution is 2.03. The lowest BCUT2D eigenvalue weighted by atomic mass is 10.1. The maximum atomic E-state index is 11.2. The van der Waals surface area contributed by atoms with Gasteiger partial charge in [0.15, 0.2) is 5.78 Å². The van der Waals surface area contributed by atoms with Crippen LogP contribution in [0.2, 0.25) is 0 Å². The van der Waals surface area contributed by atoms with E-state index in [4.69, 9.17) is 5.73 Å². The van der Waals surface area contributed by atoms with Gasteiger partial charge in [-0.25, -0.2) is 0 Å². The van der Waals surface area contributed by atoms with Crippen LogP contribution in [0.3, 0.4) is 0 Å². The Bertz CT molecular complexity index is 466. The third-order valence-corrected chi connectivity index (χ3v) is 2.09. The molecule has 0 atom stereocenters. The van der Waals surface area contributed by atoms with Crippen LogP contribution in [-0.2, 0) is 9.53 Å². The van der Waals surface area contributed by atoms with Crippen LogP contribution < -0.4 is 5.73 Å². The Morgan fingerprint density at radius 1 is 1.29 bits per heavy atom. The minimum Gasteiger partial charge on any atom is -0.468 e. The lowest BCUT2D eigenvalue weighted by Gasteiger charge is -1.97. The third kappa shape index (κ3) is 4.09. The van der Waals surface area contributed by atoms with Gasteiger partial charge in [0.2, 0.25) is 0 Å². The molecule has 0 saturated carbocycles. The number of methoxy groups -OCH3 is 1. The largest absolute Gasteiger partial charge is 0.468 e. The molecule has 0 aromatic heterocycles. The molecule has 0 fully saturated rings. The van der Waals surface area contributed by atoms with Crippen LogP contribution in [0, 0.1) is 11.8 Å². The van der Waals surface area contributed by atoms with Crippen LogP contribution in [-0.4, -0.2) is 25.4 Å². The molecule has 0 spiro atoms. The van der Waals surface area contributed by atoms with E-state index in [1.165, 1.54) is 7.11 Å². The molecule has 0 aliphatic rings. The Morgan fingerprint density at radius 2 is 1.94 bits per heavy atom. The van der Waals surface area contributed by atoms with Gasteiger partial charge in [-0.2, -0.15) is 0 Å². The second kappa shape index (κ2) is 6.46. The van der Waals surface area contributed by atoms with Gasteiger partial charge in [0.1, 0.15) is 6.42 Å². The number of Topliss-reactive ketones (excluding diaryl/α,β-unsaturated/α-hetero) is 1. The predicted octanol–water partition coefficient (Wildman–Crippen LogP) is 0.743. The molecule has 0 radical (unpaired) electrons. The quantitative estimate of drug-likeness (QED) is 0.473. The fourth-order valence-corrected chi connectivity index (χ4v) is 1.15. The summed E-state index contributed by atoms with van der Waals surface area (Å²) in [5.74, 6) is 5.00. The summed E-state index contributed by atoms with van der Waals surface area (Å²) in [6, 6.07) is 6.76. The van der Waals surface area contributed by atoms with E-state index in [0.717, 1.165) is 5.56 Å². The molecule has 0 amide bonds. The van der Waals surface area contributed by atoms with E-state index in [1.807, 2.05) is 0 Å². The van der Waals surface area contributed by atoms with Crippen LogP contribution in [0.1, 0.15) is 22.3 Å². The number of rotatable bonds is 3. The lowest BCUT2D eigenvalue weighted by Crippen LogP contribution is -2.13. The summed E-state index contributed by atoms with van der Waals surface area (Å²) >= 11 is 0. The second-order valence-electron chi connectivity index (χ2n) is 3.26. The van der Waals surface area contributed by atoms with E-state index >= 15 is 0 Å². The highest BCUT2D eigenvalue weighted by atomic mass is 16.5. The van der Waals surface area contributed by atoms with E-state index in [1.54, 1.807) is 24.3 Å². The normalized spacial score (nSPS) is 9.06. The summed E-state index contributed by atoms with van der Waals surface area (Å²) in [7, 11) is 1.32. The third-order valence-electron chi connectivity index (χ3n) is 2.09. The fourth-order valence-electron chi connectivity index (χ4n) is 1.15. The number of ketones is 1. The number of esters is 1. The van der Waals surface area contributed by atoms with Gasteiger partial charge in [-0.3, -0.25) is 9.59 Å². The number of carbonyl (C=O) groups is 2. The Kier molecular flexibility index (Phi) is 4.92. The van der Waals surface area contributed by atoms with Crippen molar-refractivity contribution in [2.45, 2.75) is 6.42 Å². The molecule has 0 unspecified atom stereocenters. The Hall–Kier alpha value is -2.12. The van der Waals surface area contributed by atoms with Crippen molar-refractivity contribution < 1.29 is 14.3 Å². The molecular weight excluding hydrogens is 218 g/mol. The van der Waals surface area contributed by atoms with Crippen molar-refractivity contribution in [1.82, 2.24) is 0 Å². The first-order chi connectivity index (χ1) is 8.17. The smallest absolute Gasteiger partial charge is 0.317 e. The zero-order valence-corrected chi connectivity index (χ0v) is 9.53. The molecule has 2 N–H and O–H groups in total. The molecule has 17 heavy (non-hydrogen) atoms. The minimum absolute atomic E-state index is 0.00658. The summed E-state index contributed by atoms with van der Waals surface area (Å²) < 4.78 is 4.45. The molecule has 4 nitrogen and oxygen atoms in total. The molecule has 0 aliphatic carbocycles. The fraction of sp³-hybridized carbons (Fsp3) is 0.231. The highest BCUT2D eigenvalue weighted by Gasteiger charge is 2.01. The number of nitrogens with two attached hydrogens (primary N) is 1. The highest BCUT2D eigenvalue weighted by molar-refractivity contribution is 5.97. The van der Waals surface area contributed by atoms with Gasteiger partial charge in [-0.05, 0) is 12.1 Å². The first-order valence-electron chi connectivity index (χ1n) is 5.06. The molecule has 4 heteroatoms. The lowest BCUT2D eigenvalue weighted by molar-refractivity contribution is -0.139. The molecular formula is C13H13NO3. The topological polar surface area (TPSA) is 69.4 Å². The number of carbonyl (C=O) groups excluding carboxylic acids is 2. The van der Waals surface area contributed by atoms with Gasteiger partial charge in [0, 0.05) is 11.1 Å². The van der Waals surface area contributed by atoms with Gasteiger partial charge in [-0.1, -0.05) is 24.0 Å². The molecule has 0 saturated heterocycles. The number of hydrogen-bond donors (Lipinski definition) is 1. The SMILES string of the molecule is COC(=O)CC#Cc1ccc(C(=O)CN)cc1. The number of benzene rings is 1. The van der Waals surface area contributed by atoms with E-state index in [0.29, 0.717) is 5.56 Å². The monoisotopic (exact) mass is 231 g/mol. The minimum atomic E-state index is -0.368. The van der Waals surface area contributed by atoms with Crippen LogP contribution in [0.4, 0.5) is 0 Å². The average molecular weight is 231 g/mol. The molecule has 1 rings (SSSR count). The van der Waals surface area contributed by atoms with E-state index in [-0.39, 0.29) is 24.7 Å². The van der Waals surface area contributed by atoms with E-state index in [2.05, 4.69) is 16.6 Å². The van der Waals surface area contributed by atoms with Crippen molar-refractivity contribution in [2.24, 2.45) is 5.73 Å². The molecule has 1 aromatic carbocycles. The predicted molar refractivity (Wildman–Crippen MR) is 63.3 cm³/mol. The Balaban J connectivity index is 2.68. The van der Waals surface area contributed by atoms with Crippen molar-refractivity contribution in [3.63, 3.8) is 0 Å². The van der Waals surface area contributed by atoms with Crippen LogP contribution in [0.15, 0.2) is 24.3 Å². The molecule has 88 valence electrons. The zero-order chi connectivity index (χ0) is 12.7. The zero-order valence-electron chi connectivity index (χ0n) is 9.53. The summed E-state index contributed by atoms with van der Waals surface area (Å²) in [4.78, 5) is 22.0. The van der Waals surface area contributed by atoms with Gasteiger partial charge < -0.3 is 10.5 Å². The summed E-state index contributed by atoms with van der Waals surface area (Å²) in [6.45, 7) is -0.00658. The Labute approximate surface area is 99.8 Å². The summed E-state index contributed by atoms with van der Waals surface area (Å²) in [6.07, 6.45) is 0.0555. The average Bonchev–Trinajstić information content (AvgIpc) is 2.38. The van der Waals surface area contributed by atoms with Crippen molar-refractivity contribution >= 4 is 11.8 Å². The Morgan fingerprint density at radius 3 is 2.47 bits per heavy atom. The van der Waals surface area contributed by atoms with Crippen molar-refractivity contribution in [3.8, 4) is 11.8 Å². The number of hydrogen-bond acceptors (Lipinski definition) is 4. The van der Waals surface area contributed by atoms with E-state index in [9.17, 15) is 9.59 Å². The summed E-state index contributed by atoms with van der Waals surface area (Å²) in [5.41, 5.74) is 6.54. The second-order valence-corrected chi connectivity index (χ2v) is 3.26. The number of ether oxygens (including phenoxy) is 1. The maximum absolute atomic E-state index is 11.2. The van der Waals surface area contributed by atoms with Gasteiger partial charge in [0.05, 0.1) is 13.7 Å². The first kappa shape index (κ1) is 12.9. The standard InChI is InChI=1S/C13H13NO3/c1-17-13(16)4-2-3-10-5-7-11(8-6-10)12(15)9-14/h5-8H,4,9,14H2,1H3. The van der Waals surface area contributed by atoms with Crippen LogP contribution in [0.5, 0.6) is 0 Å². The molecule has 0 aliphatic heterocycles. The maximum Gasteiger partial charge on any atom is 0.317 e. The van der Waals surface area contributed by atoms with Crippen molar-refractivity contribution in [3.05, 3.63) is 35.4 Å². The van der Waals surface area contributed by atoms with E-state index < -0.39 is 0 Å². The molecule has 1 aromatic rings. The molecule has 0 heterocycles. The van der Waals surface area contributed by atoms with Crippen molar-refractivity contribution in [2.75, 3.05) is 13.7 Å². The van der Waals surface area contributed by atoms with Gasteiger partial charge in [0.25, 0.3) is 0 Å².